The molecule has 0 bridgehead atoms. The third kappa shape index (κ3) is 2.34. The van der Waals surface area contributed by atoms with Gasteiger partial charge in [0.15, 0.2) is 0 Å². The van der Waals surface area contributed by atoms with Gasteiger partial charge >= 0.3 is 5.97 Å². The summed E-state index contributed by atoms with van der Waals surface area (Å²) in [5.74, 6) is -2.12. The number of hydrogen-bond donors (Lipinski definition) is 2. The summed E-state index contributed by atoms with van der Waals surface area (Å²) < 4.78 is 0. The Bertz CT molecular complexity index is 429. The highest BCUT2D eigenvalue weighted by Gasteiger charge is 2.23. The molecule has 16 heavy (non-hydrogen) atoms. The maximum absolute atomic E-state index is 10.8. The molecule has 1 aromatic rings. The standard InChI is InChI=1S/C10H11NO5/c1-6(10(13)14)8-4-7(5-12)2-3-9(8)11(15)16/h2-4,6,12H,5H2,1H3,(H,13,14). The quantitative estimate of drug-likeness (QED) is 0.593. The molecule has 6 nitrogen and oxygen atoms in total. The Kier molecular flexibility index (Phi) is 3.57. The lowest BCUT2D eigenvalue weighted by Crippen LogP contribution is -2.10. The summed E-state index contributed by atoms with van der Waals surface area (Å²) in [4.78, 5) is 20.9. The van der Waals surface area contributed by atoms with Crippen molar-refractivity contribution in [1.29, 1.82) is 0 Å². The fourth-order valence-electron chi connectivity index (χ4n) is 1.35. The van der Waals surface area contributed by atoms with E-state index in [0.29, 0.717) is 5.56 Å². The van der Waals surface area contributed by atoms with Gasteiger partial charge in [0.05, 0.1) is 17.4 Å². The number of benzene rings is 1. The SMILES string of the molecule is CC(C(=O)O)c1cc(CO)ccc1[N+](=O)[O-]. The molecule has 0 amide bonds. The first-order valence-electron chi connectivity index (χ1n) is 4.58. The van der Waals surface area contributed by atoms with Crippen molar-refractivity contribution in [3.05, 3.63) is 39.4 Å². The minimum atomic E-state index is -1.14. The Morgan fingerprint density at radius 3 is 2.62 bits per heavy atom. The lowest BCUT2D eigenvalue weighted by molar-refractivity contribution is -0.385. The van der Waals surface area contributed by atoms with Gasteiger partial charge < -0.3 is 10.2 Å². The lowest BCUT2D eigenvalue weighted by Gasteiger charge is -2.08. The van der Waals surface area contributed by atoms with E-state index in [1.807, 2.05) is 0 Å². The monoisotopic (exact) mass is 225 g/mol. The van der Waals surface area contributed by atoms with Crippen LogP contribution in [0.4, 0.5) is 5.69 Å². The average molecular weight is 225 g/mol. The summed E-state index contributed by atoms with van der Waals surface area (Å²) in [5, 5.41) is 28.4. The molecule has 1 atom stereocenters. The molecule has 1 rings (SSSR count). The van der Waals surface area contributed by atoms with Gasteiger partial charge in [-0.25, -0.2) is 0 Å². The molecule has 0 aliphatic carbocycles. The Morgan fingerprint density at radius 2 is 2.19 bits per heavy atom. The number of carboxylic acid groups (broad SMARTS) is 1. The maximum Gasteiger partial charge on any atom is 0.310 e. The number of aliphatic hydroxyl groups excluding tert-OH is 1. The first kappa shape index (κ1) is 12.1. The summed E-state index contributed by atoms with van der Waals surface area (Å²) >= 11 is 0. The van der Waals surface area contributed by atoms with Gasteiger partial charge in [-0.3, -0.25) is 14.9 Å². The molecule has 0 saturated carbocycles. The molecule has 0 radical (unpaired) electrons. The third-order valence-electron chi connectivity index (χ3n) is 2.31. The Labute approximate surface area is 91.3 Å². The average Bonchev–Trinajstić information content (AvgIpc) is 2.26. The number of carbonyl (C=O) groups is 1. The summed E-state index contributed by atoms with van der Waals surface area (Å²) in [6.45, 7) is 1.09. The van der Waals surface area contributed by atoms with Crippen LogP contribution in [0.25, 0.3) is 0 Å². The van der Waals surface area contributed by atoms with Crippen molar-refractivity contribution >= 4 is 11.7 Å². The zero-order chi connectivity index (χ0) is 12.3. The fourth-order valence-corrected chi connectivity index (χ4v) is 1.35. The predicted molar refractivity (Wildman–Crippen MR) is 55.1 cm³/mol. The minimum Gasteiger partial charge on any atom is -0.481 e. The molecule has 0 aliphatic heterocycles. The molecule has 2 N–H and O–H groups in total. The zero-order valence-electron chi connectivity index (χ0n) is 8.58. The van der Waals surface area contributed by atoms with Crippen molar-refractivity contribution in [3.8, 4) is 0 Å². The largest absolute Gasteiger partial charge is 0.481 e. The minimum absolute atomic E-state index is 0.101. The summed E-state index contributed by atoms with van der Waals surface area (Å²) in [6, 6.07) is 3.95. The van der Waals surface area contributed by atoms with Gasteiger partial charge in [-0.2, -0.15) is 0 Å². The Hall–Kier alpha value is -1.95. The normalized spacial score (nSPS) is 12.1. The second-order valence-electron chi connectivity index (χ2n) is 3.37. The van der Waals surface area contributed by atoms with E-state index in [4.69, 9.17) is 10.2 Å². The van der Waals surface area contributed by atoms with Crippen LogP contribution in [-0.2, 0) is 11.4 Å². The number of rotatable bonds is 4. The van der Waals surface area contributed by atoms with Crippen LogP contribution in [0.2, 0.25) is 0 Å². The van der Waals surface area contributed by atoms with Crippen molar-refractivity contribution in [3.63, 3.8) is 0 Å². The fraction of sp³-hybridized carbons (Fsp3) is 0.300. The van der Waals surface area contributed by atoms with Crippen molar-refractivity contribution in [1.82, 2.24) is 0 Å². The van der Waals surface area contributed by atoms with Crippen molar-refractivity contribution in [2.75, 3.05) is 0 Å². The lowest BCUT2D eigenvalue weighted by atomic mass is 9.97. The van der Waals surface area contributed by atoms with Gasteiger partial charge in [0.1, 0.15) is 0 Å². The summed E-state index contributed by atoms with van der Waals surface area (Å²) in [6.07, 6.45) is 0. The molecular weight excluding hydrogens is 214 g/mol. The number of aliphatic hydroxyl groups is 1. The first-order valence-corrected chi connectivity index (χ1v) is 4.58. The van der Waals surface area contributed by atoms with E-state index >= 15 is 0 Å². The van der Waals surface area contributed by atoms with Crippen LogP contribution >= 0.6 is 0 Å². The van der Waals surface area contributed by atoms with Gasteiger partial charge in [0.2, 0.25) is 0 Å². The van der Waals surface area contributed by atoms with Gasteiger partial charge in [0, 0.05) is 11.6 Å². The van der Waals surface area contributed by atoms with Crippen LogP contribution < -0.4 is 0 Å². The van der Waals surface area contributed by atoms with E-state index in [9.17, 15) is 14.9 Å². The molecule has 0 aromatic heterocycles. The number of nitro benzene ring substituents is 1. The van der Waals surface area contributed by atoms with Gasteiger partial charge in [-0.1, -0.05) is 0 Å². The van der Waals surface area contributed by atoms with Crippen molar-refractivity contribution < 1.29 is 19.9 Å². The summed E-state index contributed by atoms with van der Waals surface area (Å²) in [5.41, 5.74) is 0.310. The van der Waals surface area contributed by atoms with Crippen LogP contribution in [0, 0.1) is 10.1 Å². The van der Waals surface area contributed by atoms with Gasteiger partial charge in [-0.05, 0) is 24.6 Å². The first-order chi connectivity index (χ1) is 7.47. The van der Waals surface area contributed by atoms with E-state index in [0.717, 1.165) is 0 Å². The zero-order valence-corrected chi connectivity index (χ0v) is 8.58. The Morgan fingerprint density at radius 1 is 1.56 bits per heavy atom. The molecule has 0 heterocycles. The highest BCUT2D eigenvalue weighted by molar-refractivity contribution is 5.77. The molecule has 86 valence electrons. The van der Waals surface area contributed by atoms with E-state index < -0.39 is 16.8 Å². The summed E-state index contributed by atoms with van der Waals surface area (Å²) in [7, 11) is 0. The van der Waals surface area contributed by atoms with E-state index in [-0.39, 0.29) is 17.9 Å². The smallest absolute Gasteiger partial charge is 0.310 e. The number of carboxylic acids is 1. The molecule has 6 heteroatoms. The molecule has 0 aliphatic rings. The number of nitrogens with zero attached hydrogens (tertiary/aromatic N) is 1. The van der Waals surface area contributed by atoms with Crippen LogP contribution in [-0.4, -0.2) is 21.1 Å². The topological polar surface area (TPSA) is 101 Å². The van der Waals surface area contributed by atoms with Crippen LogP contribution in [0.1, 0.15) is 24.0 Å². The molecule has 1 unspecified atom stereocenters. The molecule has 0 saturated heterocycles. The number of nitro groups is 1. The highest BCUT2D eigenvalue weighted by atomic mass is 16.6. The molecule has 0 fully saturated rings. The van der Waals surface area contributed by atoms with Crippen molar-refractivity contribution in [2.45, 2.75) is 19.4 Å². The molecular formula is C10H11NO5. The number of hydrogen-bond acceptors (Lipinski definition) is 4. The molecule has 0 spiro atoms. The van der Waals surface area contributed by atoms with Crippen LogP contribution in [0.5, 0.6) is 0 Å². The van der Waals surface area contributed by atoms with Crippen LogP contribution in [0.3, 0.4) is 0 Å². The van der Waals surface area contributed by atoms with Crippen molar-refractivity contribution in [2.24, 2.45) is 0 Å². The van der Waals surface area contributed by atoms with E-state index in [1.165, 1.54) is 25.1 Å². The second kappa shape index (κ2) is 4.71. The number of aliphatic carboxylic acids is 1. The van der Waals surface area contributed by atoms with E-state index in [2.05, 4.69) is 0 Å². The van der Waals surface area contributed by atoms with E-state index in [1.54, 1.807) is 0 Å². The third-order valence-corrected chi connectivity index (χ3v) is 2.31. The van der Waals surface area contributed by atoms with Crippen LogP contribution in [0.15, 0.2) is 18.2 Å². The predicted octanol–water partition coefficient (Wildman–Crippen LogP) is 1.28. The highest BCUT2D eigenvalue weighted by Crippen LogP contribution is 2.27. The van der Waals surface area contributed by atoms with Gasteiger partial charge in [0.25, 0.3) is 5.69 Å². The Balaban J connectivity index is 3.30. The molecule has 1 aromatic carbocycles. The van der Waals surface area contributed by atoms with Gasteiger partial charge in [-0.15, -0.1) is 0 Å². The maximum atomic E-state index is 10.8. The second-order valence-corrected chi connectivity index (χ2v) is 3.37.